The molecule has 66 valence electrons. The van der Waals surface area contributed by atoms with Gasteiger partial charge in [0.25, 0.3) is 0 Å². The zero-order chi connectivity index (χ0) is 8.60. The smallest absolute Gasteiger partial charge is 0.0244 e. The van der Waals surface area contributed by atoms with Crippen LogP contribution in [-0.2, 0) is 12.5 Å². The van der Waals surface area contributed by atoms with E-state index in [2.05, 4.69) is 42.2 Å². The van der Waals surface area contributed by atoms with Crippen LogP contribution in [0.4, 0.5) is 0 Å². The predicted molar refractivity (Wildman–Crippen MR) is 50.3 cm³/mol. The Balaban J connectivity index is 2.34. The fourth-order valence-corrected chi connectivity index (χ4v) is 2.12. The van der Waals surface area contributed by atoms with Gasteiger partial charge in [-0.25, -0.2) is 0 Å². The Morgan fingerprint density at radius 3 is 2.92 bits per heavy atom. The number of hydrogen-bond donors (Lipinski definition) is 1. The molecule has 0 spiro atoms. The minimum Gasteiger partial charge on any atom is -0.354 e. The van der Waals surface area contributed by atoms with Crippen molar-refractivity contribution >= 4 is 0 Å². The minimum atomic E-state index is 0.359. The second kappa shape index (κ2) is 2.63. The molecule has 0 amide bonds. The second-order valence-corrected chi connectivity index (χ2v) is 3.99. The second-order valence-electron chi connectivity index (χ2n) is 3.99. The largest absolute Gasteiger partial charge is 0.354 e. The van der Waals surface area contributed by atoms with Crippen LogP contribution in [0.2, 0.25) is 0 Å². The van der Waals surface area contributed by atoms with Crippen molar-refractivity contribution in [1.29, 1.82) is 0 Å². The third kappa shape index (κ3) is 1.07. The van der Waals surface area contributed by atoms with Crippen LogP contribution in [0.25, 0.3) is 0 Å². The molecule has 0 radical (unpaired) electrons. The van der Waals surface area contributed by atoms with Gasteiger partial charge in [0.15, 0.2) is 0 Å². The van der Waals surface area contributed by atoms with Crippen LogP contribution < -0.4 is 5.32 Å². The van der Waals surface area contributed by atoms with Gasteiger partial charge in [-0.2, -0.15) is 0 Å². The topological polar surface area (TPSA) is 17.0 Å². The first-order valence-corrected chi connectivity index (χ1v) is 4.55. The maximum atomic E-state index is 3.42. The average molecular weight is 164 g/mol. The molecular formula is C10H16N2. The van der Waals surface area contributed by atoms with E-state index in [0.717, 1.165) is 13.1 Å². The van der Waals surface area contributed by atoms with E-state index in [1.807, 2.05) is 0 Å². The van der Waals surface area contributed by atoms with Crippen molar-refractivity contribution < 1.29 is 0 Å². The summed E-state index contributed by atoms with van der Waals surface area (Å²) in [5.41, 5.74) is 1.81. The minimum absolute atomic E-state index is 0.359. The highest BCUT2D eigenvalue weighted by molar-refractivity contribution is 5.20. The molecule has 0 aliphatic carbocycles. The highest BCUT2D eigenvalue weighted by atomic mass is 15.0. The van der Waals surface area contributed by atoms with Gasteiger partial charge in [0.2, 0.25) is 0 Å². The zero-order valence-electron chi connectivity index (χ0n) is 7.80. The first-order chi connectivity index (χ1) is 5.72. The van der Waals surface area contributed by atoms with E-state index in [-0.39, 0.29) is 0 Å². The maximum absolute atomic E-state index is 3.42. The van der Waals surface area contributed by atoms with Gasteiger partial charge in [0, 0.05) is 30.9 Å². The van der Waals surface area contributed by atoms with Crippen LogP contribution in [0.3, 0.4) is 0 Å². The molecule has 1 atom stereocenters. The summed E-state index contributed by atoms with van der Waals surface area (Å²) in [5, 5.41) is 3.42. The van der Waals surface area contributed by atoms with Gasteiger partial charge in [0.05, 0.1) is 0 Å². The lowest BCUT2D eigenvalue weighted by atomic mass is 9.86. The Morgan fingerprint density at radius 2 is 2.42 bits per heavy atom. The highest BCUT2D eigenvalue weighted by Crippen LogP contribution is 2.29. The molecule has 0 saturated carbocycles. The van der Waals surface area contributed by atoms with E-state index in [0.29, 0.717) is 5.41 Å². The molecule has 12 heavy (non-hydrogen) atoms. The van der Waals surface area contributed by atoms with Gasteiger partial charge in [-0.3, -0.25) is 0 Å². The van der Waals surface area contributed by atoms with Crippen molar-refractivity contribution in [3.8, 4) is 0 Å². The average Bonchev–Trinajstić information content (AvgIpc) is 2.59. The SMILES string of the molecule is Cn1cccc1C1(C)CCNC1. The summed E-state index contributed by atoms with van der Waals surface area (Å²) in [4.78, 5) is 0. The number of aryl methyl sites for hydroxylation is 1. The van der Waals surface area contributed by atoms with Crippen LogP contribution in [0.5, 0.6) is 0 Å². The molecule has 0 bridgehead atoms. The molecule has 2 rings (SSSR count). The highest BCUT2D eigenvalue weighted by Gasteiger charge is 2.31. The number of aromatic nitrogens is 1. The van der Waals surface area contributed by atoms with Gasteiger partial charge < -0.3 is 9.88 Å². The normalized spacial score (nSPS) is 29.5. The quantitative estimate of drug-likeness (QED) is 0.661. The fourth-order valence-electron chi connectivity index (χ4n) is 2.12. The van der Waals surface area contributed by atoms with E-state index in [1.54, 1.807) is 0 Å². The van der Waals surface area contributed by atoms with Crippen LogP contribution in [0.15, 0.2) is 18.3 Å². The van der Waals surface area contributed by atoms with E-state index >= 15 is 0 Å². The van der Waals surface area contributed by atoms with Gasteiger partial charge >= 0.3 is 0 Å². The van der Waals surface area contributed by atoms with E-state index in [9.17, 15) is 0 Å². The van der Waals surface area contributed by atoms with Crippen LogP contribution in [-0.4, -0.2) is 17.7 Å². The predicted octanol–water partition coefficient (Wildman–Crippen LogP) is 1.28. The molecule has 1 aromatic rings. The summed E-state index contributed by atoms with van der Waals surface area (Å²) in [6.07, 6.45) is 3.38. The zero-order valence-corrected chi connectivity index (χ0v) is 7.80. The Morgan fingerprint density at radius 1 is 1.58 bits per heavy atom. The third-order valence-electron chi connectivity index (χ3n) is 2.93. The number of hydrogen-bond acceptors (Lipinski definition) is 1. The molecule has 2 heterocycles. The van der Waals surface area contributed by atoms with E-state index < -0.39 is 0 Å². The summed E-state index contributed by atoms with van der Waals surface area (Å²) in [6.45, 7) is 4.61. The molecule has 2 nitrogen and oxygen atoms in total. The Kier molecular flexibility index (Phi) is 1.72. The molecule has 1 aliphatic heterocycles. The molecule has 1 fully saturated rings. The van der Waals surface area contributed by atoms with Crippen molar-refractivity contribution in [2.24, 2.45) is 7.05 Å². The monoisotopic (exact) mass is 164 g/mol. The van der Waals surface area contributed by atoms with Crippen molar-refractivity contribution in [2.45, 2.75) is 18.8 Å². The molecule has 2 heteroatoms. The lowest BCUT2D eigenvalue weighted by molar-refractivity contribution is 0.489. The first-order valence-electron chi connectivity index (χ1n) is 4.55. The standard InChI is InChI=1S/C10H16N2/c1-10(5-6-11-8-10)9-4-3-7-12(9)2/h3-4,7,11H,5-6,8H2,1-2H3. The van der Waals surface area contributed by atoms with Gasteiger partial charge in [-0.1, -0.05) is 6.92 Å². The summed E-state index contributed by atoms with van der Waals surface area (Å²) < 4.78 is 2.23. The van der Waals surface area contributed by atoms with Crippen molar-refractivity contribution in [3.05, 3.63) is 24.0 Å². The molecule has 1 unspecified atom stereocenters. The summed E-state index contributed by atoms with van der Waals surface area (Å²) in [7, 11) is 2.12. The number of nitrogens with one attached hydrogen (secondary N) is 1. The Bertz CT molecular complexity index is 269. The van der Waals surface area contributed by atoms with Crippen LogP contribution in [0, 0.1) is 0 Å². The maximum Gasteiger partial charge on any atom is 0.0244 e. The van der Waals surface area contributed by atoms with Gasteiger partial charge in [-0.15, -0.1) is 0 Å². The molecule has 1 N–H and O–H groups in total. The van der Waals surface area contributed by atoms with Gasteiger partial charge in [0.1, 0.15) is 0 Å². The Labute approximate surface area is 73.6 Å². The van der Waals surface area contributed by atoms with Crippen LogP contribution >= 0.6 is 0 Å². The molecule has 1 saturated heterocycles. The van der Waals surface area contributed by atoms with E-state index in [4.69, 9.17) is 0 Å². The first kappa shape index (κ1) is 7.87. The molecule has 0 aromatic carbocycles. The molecule has 1 aromatic heterocycles. The number of rotatable bonds is 1. The number of nitrogens with zero attached hydrogens (tertiary/aromatic N) is 1. The fraction of sp³-hybridized carbons (Fsp3) is 0.600. The van der Waals surface area contributed by atoms with Crippen molar-refractivity contribution in [3.63, 3.8) is 0 Å². The summed E-state index contributed by atoms with van der Waals surface area (Å²) >= 11 is 0. The molecular weight excluding hydrogens is 148 g/mol. The molecule has 1 aliphatic rings. The Hall–Kier alpha value is -0.760. The third-order valence-corrected chi connectivity index (χ3v) is 2.93. The lowest BCUT2D eigenvalue weighted by Crippen LogP contribution is -2.27. The van der Waals surface area contributed by atoms with Crippen molar-refractivity contribution in [1.82, 2.24) is 9.88 Å². The van der Waals surface area contributed by atoms with E-state index in [1.165, 1.54) is 12.1 Å². The lowest BCUT2D eigenvalue weighted by Gasteiger charge is -2.23. The van der Waals surface area contributed by atoms with Gasteiger partial charge in [-0.05, 0) is 25.1 Å². The summed E-state index contributed by atoms with van der Waals surface area (Å²) in [6, 6.07) is 4.35. The van der Waals surface area contributed by atoms with Crippen molar-refractivity contribution in [2.75, 3.05) is 13.1 Å². The summed E-state index contributed by atoms with van der Waals surface area (Å²) in [5.74, 6) is 0. The van der Waals surface area contributed by atoms with Crippen LogP contribution in [0.1, 0.15) is 19.0 Å².